The lowest BCUT2D eigenvalue weighted by Gasteiger charge is -2.29. The largest absolute Gasteiger partial charge is 0.481 e. The first-order valence-electron chi connectivity index (χ1n) is 9.68. The molecule has 1 saturated heterocycles. The topological polar surface area (TPSA) is 216 Å². The number of aliphatic carboxylic acids is 3. The van der Waals surface area contributed by atoms with Gasteiger partial charge in [-0.05, 0) is 18.8 Å². The number of nitrogens with two attached hydrogens (primary N) is 1. The van der Waals surface area contributed by atoms with E-state index in [0.717, 1.165) is 0 Å². The zero-order chi connectivity index (χ0) is 23.9. The fraction of sp³-hybridized carbons (Fsp3) is 0.667. The van der Waals surface area contributed by atoms with Crippen LogP contribution < -0.4 is 16.4 Å². The highest BCUT2D eigenvalue weighted by atomic mass is 16.4. The van der Waals surface area contributed by atoms with Crippen molar-refractivity contribution in [3.63, 3.8) is 0 Å². The van der Waals surface area contributed by atoms with Crippen LogP contribution in [0.25, 0.3) is 0 Å². The van der Waals surface area contributed by atoms with Crippen molar-refractivity contribution in [3.8, 4) is 0 Å². The Kier molecular flexibility index (Phi) is 9.37. The quantitative estimate of drug-likeness (QED) is 0.205. The molecule has 0 radical (unpaired) electrons. The summed E-state index contributed by atoms with van der Waals surface area (Å²) in [5, 5.41) is 31.3. The van der Waals surface area contributed by atoms with Crippen molar-refractivity contribution >= 4 is 35.6 Å². The van der Waals surface area contributed by atoms with Gasteiger partial charge in [0, 0.05) is 6.54 Å². The van der Waals surface area contributed by atoms with E-state index in [1.54, 1.807) is 13.8 Å². The Morgan fingerprint density at radius 1 is 1.00 bits per heavy atom. The van der Waals surface area contributed by atoms with E-state index in [4.69, 9.17) is 21.1 Å². The summed E-state index contributed by atoms with van der Waals surface area (Å²) >= 11 is 0. The monoisotopic (exact) mass is 444 g/mol. The number of carbonyl (C=O) groups excluding carboxylic acids is 3. The lowest BCUT2D eigenvalue weighted by Crippen LogP contribution is -2.58. The molecule has 3 amide bonds. The van der Waals surface area contributed by atoms with Crippen LogP contribution in [0.5, 0.6) is 0 Å². The molecule has 1 heterocycles. The van der Waals surface area contributed by atoms with Crippen LogP contribution in [-0.2, 0) is 28.8 Å². The number of nitrogens with one attached hydrogen (secondary N) is 2. The van der Waals surface area contributed by atoms with Gasteiger partial charge in [-0.3, -0.25) is 24.0 Å². The Morgan fingerprint density at radius 2 is 1.58 bits per heavy atom. The minimum absolute atomic E-state index is 0.197. The van der Waals surface area contributed by atoms with Gasteiger partial charge in [0.15, 0.2) is 0 Å². The van der Waals surface area contributed by atoms with E-state index in [1.165, 1.54) is 4.90 Å². The molecule has 0 aromatic heterocycles. The molecule has 0 aliphatic carbocycles. The second kappa shape index (κ2) is 11.2. The van der Waals surface area contributed by atoms with Gasteiger partial charge in [-0.2, -0.15) is 0 Å². The molecule has 7 N–H and O–H groups in total. The van der Waals surface area contributed by atoms with E-state index in [9.17, 15) is 28.8 Å². The fourth-order valence-corrected chi connectivity index (χ4v) is 3.21. The molecule has 0 spiro atoms. The van der Waals surface area contributed by atoms with E-state index in [-0.39, 0.29) is 13.0 Å². The highest BCUT2D eigenvalue weighted by molar-refractivity contribution is 5.95. The molecule has 1 aliphatic rings. The number of rotatable bonds is 11. The van der Waals surface area contributed by atoms with E-state index in [0.29, 0.717) is 6.42 Å². The number of carbonyl (C=O) groups is 6. The molecule has 31 heavy (non-hydrogen) atoms. The summed E-state index contributed by atoms with van der Waals surface area (Å²) in [6, 6.07) is -5.15. The van der Waals surface area contributed by atoms with Gasteiger partial charge < -0.3 is 36.6 Å². The summed E-state index contributed by atoms with van der Waals surface area (Å²) in [7, 11) is 0. The first-order valence-corrected chi connectivity index (χ1v) is 9.68. The molecule has 1 fully saturated rings. The molecule has 0 saturated carbocycles. The standard InChI is InChI=1S/C18H28N4O9/c1-8(2)14(16(28)20-10(18(30)31)7-13(25)26)21-15(27)11-4-3-5-22(11)17(29)9(19)6-12(23)24/h8-11,14H,3-7,19H2,1-2H3,(H,20,28)(H,21,27)(H,23,24)(H,25,26)(H,30,31). The summed E-state index contributed by atoms with van der Waals surface area (Å²) in [6.07, 6.45) is -0.685. The third kappa shape index (κ3) is 7.51. The molecule has 0 bridgehead atoms. The zero-order valence-electron chi connectivity index (χ0n) is 17.2. The molecule has 1 rings (SSSR count). The summed E-state index contributed by atoms with van der Waals surface area (Å²) in [5.41, 5.74) is 5.61. The Bertz CT molecular complexity index is 740. The molecule has 1 aliphatic heterocycles. The van der Waals surface area contributed by atoms with Gasteiger partial charge in [-0.25, -0.2) is 4.79 Å². The van der Waals surface area contributed by atoms with Gasteiger partial charge in [-0.1, -0.05) is 13.8 Å². The Labute approximate surface area is 177 Å². The lowest BCUT2D eigenvalue weighted by molar-refractivity contribution is -0.148. The van der Waals surface area contributed by atoms with Crippen LogP contribution in [0.15, 0.2) is 0 Å². The zero-order valence-corrected chi connectivity index (χ0v) is 17.2. The van der Waals surface area contributed by atoms with Crippen molar-refractivity contribution in [2.24, 2.45) is 11.7 Å². The maximum atomic E-state index is 12.8. The second-order valence-electron chi connectivity index (χ2n) is 7.62. The van der Waals surface area contributed by atoms with Crippen molar-refractivity contribution in [1.82, 2.24) is 15.5 Å². The third-order valence-corrected chi connectivity index (χ3v) is 4.79. The predicted octanol–water partition coefficient (Wildman–Crippen LogP) is -2.04. The van der Waals surface area contributed by atoms with E-state index in [1.807, 2.05) is 0 Å². The van der Waals surface area contributed by atoms with Crippen LogP contribution in [0.4, 0.5) is 0 Å². The van der Waals surface area contributed by atoms with Gasteiger partial charge in [0.25, 0.3) is 0 Å². The van der Waals surface area contributed by atoms with E-state index in [2.05, 4.69) is 10.6 Å². The van der Waals surface area contributed by atoms with Crippen LogP contribution in [0.1, 0.15) is 39.5 Å². The fourth-order valence-electron chi connectivity index (χ4n) is 3.21. The van der Waals surface area contributed by atoms with Crippen LogP contribution in [0.3, 0.4) is 0 Å². The van der Waals surface area contributed by atoms with Crippen LogP contribution in [0.2, 0.25) is 0 Å². The summed E-state index contributed by atoms with van der Waals surface area (Å²) in [5.74, 6) is -6.95. The minimum atomic E-state index is -1.68. The Hall–Kier alpha value is -3.22. The number of hydrogen-bond acceptors (Lipinski definition) is 7. The first-order chi connectivity index (χ1) is 14.3. The van der Waals surface area contributed by atoms with Crippen molar-refractivity contribution < 1.29 is 44.1 Å². The molecule has 174 valence electrons. The third-order valence-electron chi connectivity index (χ3n) is 4.79. The van der Waals surface area contributed by atoms with Crippen molar-refractivity contribution in [2.45, 2.75) is 63.7 Å². The van der Waals surface area contributed by atoms with Gasteiger partial charge in [0.1, 0.15) is 18.1 Å². The SMILES string of the molecule is CC(C)C(NC(=O)C1CCCN1C(=O)C(N)CC(=O)O)C(=O)NC(CC(=O)O)C(=O)O. The minimum Gasteiger partial charge on any atom is -0.481 e. The lowest BCUT2D eigenvalue weighted by atomic mass is 10.0. The van der Waals surface area contributed by atoms with Gasteiger partial charge >= 0.3 is 17.9 Å². The van der Waals surface area contributed by atoms with E-state index < -0.39 is 78.6 Å². The molecular weight excluding hydrogens is 416 g/mol. The number of hydrogen-bond donors (Lipinski definition) is 6. The average molecular weight is 444 g/mol. The molecule has 13 heteroatoms. The average Bonchev–Trinajstić information content (AvgIpc) is 3.13. The number of likely N-dealkylation sites (tertiary alicyclic amines) is 1. The smallest absolute Gasteiger partial charge is 0.326 e. The number of nitrogens with zero attached hydrogens (tertiary/aromatic N) is 1. The molecule has 0 aromatic rings. The Balaban J connectivity index is 2.89. The molecule has 13 nitrogen and oxygen atoms in total. The maximum Gasteiger partial charge on any atom is 0.326 e. The molecular formula is C18H28N4O9. The maximum absolute atomic E-state index is 12.8. The molecule has 4 unspecified atom stereocenters. The van der Waals surface area contributed by atoms with Crippen molar-refractivity contribution in [1.29, 1.82) is 0 Å². The second-order valence-corrected chi connectivity index (χ2v) is 7.62. The highest BCUT2D eigenvalue weighted by Crippen LogP contribution is 2.19. The predicted molar refractivity (Wildman–Crippen MR) is 104 cm³/mol. The summed E-state index contributed by atoms with van der Waals surface area (Å²) in [6.45, 7) is 3.39. The van der Waals surface area contributed by atoms with Crippen LogP contribution >= 0.6 is 0 Å². The van der Waals surface area contributed by atoms with Crippen LogP contribution in [-0.4, -0.2) is 86.6 Å². The summed E-state index contributed by atoms with van der Waals surface area (Å²) < 4.78 is 0. The Morgan fingerprint density at radius 3 is 2.06 bits per heavy atom. The number of amides is 3. The number of carboxylic acids is 3. The first kappa shape index (κ1) is 25.8. The highest BCUT2D eigenvalue weighted by Gasteiger charge is 2.39. The normalized spacial score (nSPS) is 18.7. The number of carboxylic acid groups (broad SMARTS) is 3. The van der Waals surface area contributed by atoms with Gasteiger partial charge in [0.2, 0.25) is 17.7 Å². The van der Waals surface area contributed by atoms with Crippen molar-refractivity contribution in [3.05, 3.63) is 0 Å². The van der Waals surface area contributed by atoms with Crippen molar-refractivity contribution in [2.75, 3.05) is 6.54 Å². The molecule has 4 atom stereocenters. The molecule has 0 aromatic carbocycles. The van der Waals surface area contributed by atoms with Gasteiger partial charge in [-0.15, -0.1) is 0 Å². The summed E-state index contributed by atoms with van der Waals surface area (Å²) in [4.78, 5) is 71.7. The van der Waals surface area contributed by atoms with Crippen LogP contribution in [0, 0.1) is 5.92 Å². The van der Waals surface area contributed by atoms with E-state index >= 15 is 0 Å². The van der Waals surface area contributed by atoms with Gasteiger partial charge in [0.05, 0.1) is 18.9 Å².